The lowest BCUT2D eigenvalue weighted by Crippen LogP contribution is -2.38. The molecule has 0 radical (unpaired) electrons. The molecule has 0 fully saturated rings. The second-order valence-corrected chi connectivity index (χ2v) is 9.91. The van der Waals surface area contributed by atoms with Gasteiger partial charge >= 0.3 is 5.97 Å². The van der Waals surface area contributed by atoms with Crippen molar-refractivity contribution in [1.29, 1.82) is 0 Å². The number of aryl methyl sites for hydroxylation is 1. The molecular weight excluding hydrogens is 376 g/mol. The number of para-hydroxylation sites is 1. The first-order valence-corrected chi connectivity index (χ1v) is 10.9. The largest absolute Gasteiger partial charge is 0.452 e. The number of benzene rings is 1. The second kappa shape index (κ2) is 8.75. The lowest BCUT2D eigenvalue weighted by molar-refractivity contribution is -0.125. The SMILES string of the molecule is CC(C)[C@H](C)NC(=O)COC(=O)c1c2c(nc3ccccc13)CC[C@@H](C(C)(C)C)C2. The van der Waals surface area contributed by atoms with E-state index < -0.39 is 5.97 Å². The van der Waals surface area contributed by atoms with Crippen LogP contribution in [-0.4, -0.2) is 29.5 Å². The van der Waals surface area contributed by atoms with Crippen LogP contribution in [-0.2, 0) is 22.4 Å². The topological polar surface area (TPSA) is 68.3 Å². The quantitative estimate of drug-likeness (QED) is 0.725. The van der Waals surface area contributed by atoms with Gasteiger partial charge in [0.05, 0.1) is 11.1 Å². The number of nitrogens with one attached hydrogen (secondary N) is 1. The molecule has 0 unspecified atom stereocenters. The molecule has 1 N–H and O–H groups in total. The predicted molar refractivity (Wildman–Crippen MR) is 119 cm³/mol. The molecule has 3 rings (SSSR count). The van der Waals surface area contributed by atoms with E-state index in [0.717, 1.165) is 41.4 Å². The van der Waals surface area contributed by atoms with Crippen molar-refractivity contribution in [2.75, 3.05) is 6.61 Å². The fourth-order valence-corrected chi connectivity index (χ4v) is 4.03. The van der Waals surface area contributed by atoms with Crippen LogP contribution in [0.4, 0.5) is 0 Å². The van der Waals surface area contributed by atoms with Crippen LogP contribution in [0.5, 0.6) is 0 Å². The van der Waals surface area contributed by atoms with Crippen molar-refractivity contribution in [3.05, 3.63) is 41.1 Å². The summed E-state index contributed by atoms with van der Waals surface area (Å²) in [4.78, 5) is 30.3. The van der Waals surface area contributed by atoms with Gasteiger partial charge in [-0.25, -0.2) is 4.79 Å². The van der Waals surface area contributed by atoms with Gasteiger partial charge in [-0.1, -0.05) is 52.8 Å². The van der Waals surface area contributed by atoms with Crippen molar-refractivity contribution in [3.63, 3.8) is 0 Å². The summed E-state index contributed by atoms with van der Waals surface area (Å²) >= 11 is 0. The number of rotatable bonds is 5. The molecule has 0 saturated heterocycles. The van der Waals surface area contributed by atoms with Gasteiger partial charge in [-0.15, -0.1) is 0 Å². The Morgan fingerprint density at radius 1 is 1.20 bits per heavy atom. The molecule has 0 bridgehead atoms. The fourth-order valence-electron chi connectivity index (χ4n) is 4.03. The maximum atomic E-state index is 13.2. The molecule has 162 valence electrons. The van der Waals surface area contributed by atoms with Crippen molar-refractivity contribution in [1.82, 2.24) is 10.3 Å². The zero-order valence-electron chi connectivity index (χ0n) is 19.0. The van der Waals surface area contributed by atoms with E-state index in [1.165, 1.54) is 0 Å². The maximum Gasteiger partial charge on any atom is 0.339 e. The first-order chi connectivity index (χ1) is 14.1. The Morgan fingerprint density at radius 3 is 2.57 bits per heavy atom. The number of esters is 1. The molecule has 1 aromatic carbocycles. The van der Waals surface area contributed by atoms with Gasteiger partial charge in [0.15, 0.2) is 6.61 Å². The van der Waals surface area contributed by atoms with E-state index in [9.17, 15) is 9.59 Å². The lowest BCUT2D eigenvalue weighted by atomic mass is 9.70. The van der Waals surface area contributed by atoms with E-state index in [1.54, 1.807) is 0 Å². The van der Waals surface area contributed by atoms with Gasteiger partial charge in [0, 0.05) is 17.1 Å². The third-order valence-corrected chi connectivity index (χ3v) is 6.41. The number of pyridine rings is 1. The van der Waals surface area contributed by atoms with Crippen LogP contribution in [0.1, 0.15) is 69.6 Å². The Balaban J connectivity index is 1.90. The zero-order valence-corrected chi connectivity index (χ0v) is 19.0. The molecule has 1 aromatic heterocycles. The van der Waals surface area contributed by atoms with E-state index in [-0.39, 0.29) is 24.0 Å². The number of hydrogen-bond donors (Lipinski definition) is 1. The lowest BCUT2D eigenvalue weighted by Gasteiger charge is -2.35. The van der Waals surface area contributed by atoms with Crippen LogP contribution in [0.2, 0.25) is 0 Å². The average Bonchev–Trinajstić information content (AvgIpc) is 2.68. The summed E-state index contributed by atoms with van der Waals surface area (Å²) in [6, 6.07) is 7.71. The second-order valence-electron chi connectivity index (χ2n) is 9.91. The van der Waals surface area contributed by atoms with Crippen molar-refractivity contribution >= 4 is 22.8 Å². The van der Waals surface area contributed by atoms with Gasteiger partial charge < -0.3 is 10.1 Å². The van der Waals surface area contributed by atoms with Gasteiger partial charge in [0.2, 0.25) is 0 Å². The predicted octanol–water partition coefficient (Wildman–Crippen LogP) is 4.70. The number of hydrogen-bond acceptors (Lipinski definition) is 4. The van der Waals surface area contributed by atoms with Gasteiger partial charge in [-0.3, -0.25) is 9.78 Å². The van der Waals surface area contributed by atoms with Crippen LogP contribution in [0, 0.1) is 17.3 Å². The summed E-state index contributed by atoms with van der Waals surface area (Å²) in [6.45, 7) is 12.5. The van der Waals surface area contributed by atoms with Crippen LogP contribution in [0.25, 0.3) is 10.9 Å². The highest BCUT2D eigenvalue weighted by Crippen LogP contribution is 2.39. The summed E-state index contributed by atoms with van der Waals surface area (Å²) < 4.78 is 5.49. The molecule has 1 amide bonds. The highest BCUT2D eigenvalue weighted by Gasteiger charge is 2.33. The van der Waals surface area contributed by atoms with Crippen molar-refractivity contribution in [3.8, 4) is 0 Å². The smallest absolute Gasteiger partial charge is 0.339 e. The van der Waals surface area contributed by atoms with Crippen LogP contribution >= 0.6 is 0 Å². The zero-order chi connectivity index (χ0) is 22.1. The Bertz CT molecular complexity index is 943. The number of fused-ring (bicyclic) bond motifs is 2. The molecule has 0 saturated carbocycles. The molecule has 2 aromatic rings. The Hall–Kier alpha value is -2.43. The average molecular weight is 411 g/mol. The van der Waals surface area contributed by atoms with Crippen molar-refractivity contribution < 1.29 is 14.3 Å². The van der Waals surface area contributed by atoms with E-state index in [2.05, 4.69) is 26.1 Å². The highest BCUT2D eigenvalue weighted by molar-refractivity contribution is 6.05. The summed E-state index contributed by atoms with van der Waals surface area (Å²) in [7, 11) is 0. The number of aromatic nitrogens is 1. The van der Waals surface area contributed by atoms with E-state index in [1.807, 2.05) is 45.0 Å². The molecular formula is C25H34N2O3. The standard InChI is InChI=1S/C25H34N2O3/c1-15(2)16(3)26-22(28)14-30-24(29)23-18-9-7-8-10-20(18)27-21-12-11-17(13-19(21)23)25(4,5)6/h7-10,15-17H,11-14H2,1-6H3,(H,26,28)/t16-,17+/m0/s1. The number of nitrogens with zero attached hydrogens (tertiary/aromatic N) is 1. The van der Waals surface area contributed by atoms with E-state index in [4.69, 9.17) is 9.72 Å². The molecule has 5 nitrogen and oxygen atoms in total. The van der Waals surface area contributed by atoms with Crippen LogP contribution in [0.3, 0.4) is 0 Å². The Kier molecular flexibility index (Phi) is 6.49. The molecule has 2 atom stereocenters. The number of ether oxygens (including phenoxy) is 1. The molecule has 0 spiro atoms. The van der Waals surface area contributed by atoms with Gasteiger partial charge in [-0.05, 0) is 55.1 Å². The molecule has 5 heteroatoms. The minimum Gasteiger partial charge on any atom is -0.452 e. The summed E-state index contributed by atoms with van der Waals surface area (Å²) in [5.41, 5.74) is 3.50. The van der Waals surface area contributed by atoms with Crippen molar-refractivity contribution in [2.45, 2.75) is 66.8 Å². The minimum absolute atomic E-state index is 0.0262. The van der Waals surface area contributed by atoms with Gasteiger partial charge in [-0.2, -0.15) is 0 Å². The number of amides is 1. The minimum atomic E-state index is -0.438. The molecule has 1 aliphatic carbocycles. The van der Waals surface area contributed by atoms with Gasteiger partial charge in [0.25, 0.3) is 5.91 Å². The third kappa shape index (κ3) is 4.82. The normalized spacial score (nSPS) is 17.5. The van der Waals surface area contributed by atoms with Gasteiger partial charge in [0.1, 0.15) is 0 Å². The number of carbonyl (C=O) groups is 2. The van der Waals surface area contributed by atoms with Crippen LogP contribution < -0.4 is 5.32 Å². The van der Waals surface area contributed by atoms with Crippen LogP contribution in [0.15, 0.2) is 24.3 Å². The first kappa shape index (κ1) is 22.3. The van der Waals surface area contributed by atoms with Crippen molar-refractivity contribution in [2.24, 2.45) is 17.3 Å². The fraction of sp³-hybridized carbons (Fsp3) is 0.560. The monoisotopic (exact) mass is 410 g/mol. The maximum absolute atomic E-state index is 13.2. The Labute approximate surface area is 179 Å². The molecule has 30 heavy (non-hydrogen) atoms. The van der Waals surface area contributed by atoms with E-state index >= 15 is 0 Å². The molecule has 1 heterocycles. The summed E-state index contributed by atoms with van der Waals surface area (Å²) in [5, 5.41) is 3.68. The summed E-state index contributed by atoms with van der Waals surface area (Å²) in [5.74, 6) is 0.0703. The molecule has 1 aliphatic rings. The summed E-state index contributed by atoms with van der Waals surface area (Å²) in [6.07, 6.45) is 2.72. The Morgan fingerprint density at radius 2 is 1.90 bits per heavy atom. The third-order valence-electron chi connectivity index (χ3n) is 6.41. The van der Waals surface area contributed by atoms with E-state index in [0.29, 0.717) is 17.4 Å². The number of carbonyl (C=O) groups excluding carboxylic acids is 2. The molecule has 0 aliphatic heterocycles. The highest BCUT2D eigenvalue weighted by atomic mass is 16.5. The first-order valence-electron chi connectivity index (χ1n) is 10.9.